The normalized spacial score (nSPS) is 11.6. The summed E-state index contributed by atoms with van der Waals surface area (Å²) in [7, 11) is 0. The monoisotopic (exact) mass is 280 g/mol. The summed E-state index contributed by atoms with van der Waals surface area (Å²) in [5.74, 6) is -0.982. The van der Waals surface area contributed by atoms with Crippen LogP contribution in [0.4, 0.5) is 5.69 Å². The fourth-order valence-corrected chi connectivity index (χ4v) is 1.82. The molecule has 2 aromatic carbocycles. The zero-order valence-electron chi connectivity index (χ0n) is 11.7. The van der Waals surface area contributed by atoms with Crippen molar-refractivity contribution in [3.63, 3.8) is 0 Å². The lowest BCUT2D eigenvalue weighted by molar-refractivity contribution is 0.0698. The van der Waals surface area contributed by atoms with E-state index in [1.54, 1.807) is 24.4 Å². The molecule has 4 nitrogen and oxygen atoms in total. The summed E-state index contributed by atoms with van der Waals surface area (Å²) in [6.45, 7) is 1.93. The van der Waals surface area contributed by atoms with Crippen molar-refractivity contribution >= 4 is 23.9 Å². The van der Waals surface area contributed by atoms with Gasteiger partial charge in [0.05, 0.1) is 17.5 Å². The first-order valence-corrected chi connectivity index (χ1v) is 6.51. The average molecular weight is 280 g/mol. The van der Waals surface area contributed by atoms with Gasteiger partial charge in [0.2, 0.25) is 0 Å². The van der Waals surface area contributed by atoms with Crippen LogP contribution >= 0.6 is 0 Å². The second-order valence-corrected chi connectivity index (χ2v) is 4.52. The smallest absolute Gasteiger partial charge is 0.337 e. The highest BCUT2D eigenvalue weighted by molar-refractivity contribution is 5.94. The maximum atomic E-state index is 11.1. The van der Waals surface area contributed by atoms with Gasteiger partial charge < -0.3 is 5.11 Å². The van der Waals surface area contributed by atoms with E-state index in [1.807, 2.05) is 43.3 Å². The van der Waals surface area contributed by atoms with Crippen LogP contribution in [-0.2, 0) is 0 Å². The number of carboxylic acid groups (broad SMARTS) is 1. The molecule has 0 radical (unpaired) electrons. The summed E-state index contributed by atoms with van der Waals surface area (Å²) in [5.41, 5.74) is 5.47. The molecule has 21 heavy (non-hydrogen) atoms. The maximum Gasteiger partial charge on any atom is 0.337 e. The molecule has 0 amide bonds. The third kappa shape index (κ3) is 4.31. The van der Waals surface area contributed by atoms with Crippen molar-refractivity contribution in [1.82, 2.24) is 0 Å². The predicted molar refractivity (Wildman–Crippen MR) is 85.6 cm³/mol. The Morgan fingerprint density at radius 2 is 1.76 bits per heavy atom. The molecule has 0 saturated carbocycles. The van der Waals surface area contributed by atoms with Gasteiger partial charge in [-0.25, -0.2) is 4.79 Å². The number of nitrogens with zero attached hydrogens (tertiary/aromatic N) is 1. The van der Waals surface area contributed by atoms with Crippen molar-refractivity contribution in [2.45, 2.75) is 6.92 Å². The van der Waals surface area contributed by atoms with Gasteiger partial charge >= 0.3 is 5.97 Å². The number of anilines is 1. The number of hydrogen-bond acceptors (Lipinski definition) is 3. The van der Waals surface area contributed by atoms with Crippen LogP contribution < -0.4 is 5.43 Å². The van der Waals surface area contributed by atoms with Crippen LogP contribution in [0.5, 0.6) is 0 Å². The summed E-state index contributed by atoms with van der Waals surface area (Å²) < 4.78 is 0. The number of hydrazone groups is 1. The van der Waals surface area contributed by atoms with Crippen molar-refractivity contribution in [3.8, 4) is 0 Å². The molecule has 0 aliphatic rings. The van der Waals surface area contributed by atoms with E-state index in [-0.39, 0.29) is 5.56 Å². The van der Waals surface area contributed by atoms with Gasteiger partial charge in [-0.15, -0.1) is 0 Å². The van der Waals surface area contributed by atoms with Crippen LogP contribution in [0.1, 0.15) is 22.8 Å². The topological polar surface area (TPSA) is 61.7 Å². The minimum absolute atomic E-state index is 0.194. The molecule has 0 bridgehead atoms. The molecule has 0 aliphatic heterocycles. The van der Waals surface area contributed by atoms with Gasteiger partial charge in [0.25, 0.3) is 0 Å². The van der Waals surface area contributed by atoms with Gasteiger partial charge in [-0.1, -0.05) is 48.5 Å². The Labute approximate surface area is 123 Å². The largest absolute Gasteiger partial charge is 0.478 e. The van der Waals surface area contributed by atoms with E-state index in [4.69, 9.17) is 5.11 Å². The summed E-state index contributed by atoms with van der Waals surface area (Å²) in [4.78, 5) is 11.1. The third-order valence-electron chi connectivity index (χ3n) is 2.80. The molecule has 0 saturated heterocycles. The second-order valence-electron chi connectivity index (χ2n) is 4.52. The number of carbonyl (C=O) groups is 1. The Bertz CT molecular complexity index is 676. The van der Waals surface area contributed by atoms with E-state index in [9.17, 15) is 4.79 Å². The SMILES string of the molecule is CC(/C=N/Nc1ccccc1C(=O)O)=C\c1ccccc1. The number of para-hydroxylation sites is 1. The highest BCUT2D eigenvalue weighted by Gasteiger charge is 2.07. The van der Waals surface area contributed by atoms with Gasteiger partial charge in [-0.2, -0.15) is 5.10 Å². The highest BCUT2D eigenvalue weighted by Crippen LogP contribution is 2.14. The molecule has 0 heterocycles. The van der Waals surface area contributed by atoms with Gasteiger partial charge in [-0.05, 0) is 30.2 Å². The molecule has 0 unspecified atom stereocenters. The van der Waals surface area contributed by atoms with E-state index in [2.05, 4.69) is 10.5 Å². The van der Waals surface area contributed by atoms with E-state index < -0.39 is 5.97 Å². The van der Waals surface area contributed by atoms with Gasteiger partial charge in [-0.3, -0.25) is 5.43 Å². The molecular weight excluding hydrogens is 264 g/mol. The molecule has 4 heteroatoms. The van der Waals surface area contributed by atoms with E-state index >= 15 is 0 Å². The number of benzene rings is 2. The Kier molecular flexibility index (Phi) is 4.88. The number of carboxylic acids is 1. The van der Waals surface area contributed by atoms with Crippen LogP contribution in [-0.4, -0.2) is 17.3 Å². The van der Waals surface area contributed by atoms with E-state index in [0.717, 1.165) is 11.1 Å². The van der Waals surface area contributed by atoms with Crippen LogP contribution in [0.15, 0.2) is 65.3 Å². The first-order valence-electron chi connectivity index (χ1n) is 6.51. The molecule has 0 fully saturated rings. The van der Waals surface area contributed by atoms with Gasteiger partial charge in [0.15, 0.2) is 0 Å². The van der Waals surface area contributed by atoms with Gasteiger partial charge in [0.1, 0.15) is 0 Å². The van der Waals surface area contributed by atoms with Crippen molar-refractivity contribution in [2.75, 3.05) is 5.43 Å². The summed E-state index contributed by atoms with van der Waals surface area (Å²) in [5, 5.41) is 13.1. The summed E-state index contributed by atoms with van der Waals surface area (Å²) in [6.07, 6.45) is 3.65. The van der Waals surface area contributed by atoms with Crippen molar-refractivity contribution < 1.29 is 9.90 Å². The minimum Gasteiger partial charge on any atom is -0.478 e. The van der Waals surface area contributed by atoms with Crippen LogP contribution in [0.3, 0.4) is 0 Å². The predicted octanol–water partition coefficient (Wildman–Crippen LogP) is 3.89. The zero-order valence-corrected chi connectivity index (χ0v) is 11.7. The highest BCUT2D eigenvalue weighted by atomic mass is 16.4. The first-order chi connectivity index (χ1) is 10.2. The maximum absolute atomic E-state index is 11.1. The second kappa shape index (κ2) is 7.05. The Morgan fingerprint density at radius 3 is 2.48 bits per heavy atom. The fourth-order valence-electron chi connectivity index (χ4n) is 1.82. The number of aromatic carboxylic acids is 1. The lowest BCUT2D eigenvalue weighted by atomic mass is 10.1. The quantitative estimate of drug-likeness (QED) is 0.645. The molecule has 2 N–H and O–H groups in total. The lowest BCUT2D eigenvalue weighted by Crippen LogP contribution is -2.02. The van der Waals surface area contributed by atoms with E-state index in [1.165, 1.54) is 6.07 Å². The minimum atomic E-state index is -0.982. The Morgan fingerprint density at radius 1 is 1.10 bits per heavy atom. The van der Waals surface area contributed by atoms with E-state index in [0.29, 0.717) is 5.69 Å². The zero-order chi connectivity index (χ0) is 15.1. The average Bonchev–Trinajstić information content (AvgIpc) is 2.48. The van der Waals surface area contributed by atoms with Crippen LogP contribution in [0.25, 0.3) is 6.08 Å². The Balaban J connectivity index is 2.06. The standard InChI is InChI=1S/C17H16N2O2/c1-13(11-14-7-3-2-4-8-14)12-18-19-16-10-6-5-9-15(16)17(20)21/h2-12,19H,1H3,(H,20,21)/b13-11+,18-12+. The number of rotatable bonds is 5. The summed E-state index contributed by atoms with van der Waals surface area (Å²) >= 11 is 0. The molecule has 2 rings (SSSR count). The molecule has 0 aliphatic carbocycles. The van der Waals surface area contributed by atoms with Crippen molar-refractivity contribution in [3.05, 3.63) is 71.3 Å². The van der Waals surface area contributed by atoms with Crippen molar-refractivity contribution in [1.29, 1.82) is 0 Å². The molecule has 0 aromatic heterocycles. The molecule has 2 aromatic rings. The fraction of sp³-hybridized carbons (Fsp3) is 0.0588. The van der Waals surface area contributed by atoms with Crippen LogP contribution in [0, 0.1) is 0 Å². The summed E-state index contributed by atoms with van der Waals surface area (Å²) in [6, 6.07) is 16.6. The van der Waals surface area contributed by atoms with Crippen LogP contribution in [0.2, 0.25) is 0 Å². The number of hydrogen-bond donors (Lipinski definition) is 2. The number of allylic oxidation sites excluding steroid dienone is 1. The van der Waals surface area contributed by atoms with Crippen molar-refractivity contribution in [2.24, 2.45) is 5.10 Å². The molecule has 0 atom stereocenters. The molecule has 106 valence electrons. The first kappa shape index (κ1) is 14.5. The third-order valence-corrected chi connectivity index (χ3v) is 2.80. The Hall–Kier alpha value is -2.88. The number of nitrogens with one attached hydrogen (secondary N) is 1. The van der Waals surface area contributed by atoms with Gasteiger partial charge in [0, 0.05) is 0 Å². The lowest BCUT2D eigenvalue weighted by Gasteiger charge is -2.04. The molecular formula is C17H16N2O2. The molecule has 0 spiro atoms.